The number of unbranched alkanes of at least 4 members (excludes halogenated alkanes) is 15. The number of ether oxygens (including phenoxy) is 1. The summed E-state index contributed by atoms with van der Waals surface area (Å²) in [6, 6.07) is 0. The molecule has 208 valence electrons. The van der Waals surface area contributed by atoms with Crippen molar-refractivity contribution < 1.29 is 27.0 Å². The summed E-state index contributed by atoms with van der Waals surface area (Å²) in [5.74, 6) is -1.24. The summed E-state index contributed by atoms with van der Waals surface area (Å²) in [4.78, 5) is 19.5. The number of carboxylic acids is 1. The van der Waals surface area contributed by atoms with Crippen LogP contribution in [0.2, 0.25) is 0 Å². The molecule has 0 aromatic carbocycles. The molecule has 0 radical (unpaired) electrons. The molecule has 0 saturated carbocycles. The molecule has 0 rings (SSSR count). The van der Waals surface area contributed by atoms with Gasteiger partial charge in [-0.3, -0.25) is 4.79 Å². The van der Waals surface area contributed by atoms with Gasteiger partial charge in [0.1, 0.15) is 0 Å². The van der Waals surface area contributed by atoms with Gasteiger partial charge in [0.25, 0.3) is 0 Å². The minimum Gasteiger partial charge on any atom is -0.466 e. The maximum absolute atomic E-state index is 10.6. The third kappa shape index (κ3) is 55.3. The first-order valence-electron chi connectivity index (χ1n) is 14.1. The zero-order valence-electron chi connectivity index (χ0n) is 24.2. The quantitative estimate of drug-likeness (QED) is 0.0933. The van der Waals surface area contributed by atoms with E-state index in [-0.39, 0.29) is 21.9 Å². The molecule has 0 heterocycles. The third-order valence-electron chi connectivity index (χ3n) is 4.96. The standard InChI is InChI=1S/C20H40O2.2C3H7O.C2H4O2.Al/c1-3-4-5-6-7-8-9-10-11-12-13-14-15-16-17-18-19-22-20(2)21;2*1-3(2)4;1-2(3)4;/h3-19H2,1-2H3;2*3H,1-2H3;1H3,(H,3,4);/q;2*-1;;+3/p-1. The molecule has 0 N–H and O–H groups in total. The first-order chi connectivity index (χ1) is 16.6. The normalized spacial score (nSPS) is 10.2. The molecule has 0 fully saturated rings. The minimum atomic E-state index is -1.08. The Kier molecular flexibility index (Phi) is 37.1. The first-order valence-corrected chi connectivity index (χ1v) is 15.0. The Labute approximate surface area is 224 Å². The van der Waals surface area contributed by atoms with Crippen LogP contribution < -0.4 is 5.11 Å². The number of hydrogen-bond acceptors (Lipinski definition) is 6. The summed E-state index contributed by atoms with van der Waals surface area (Å²) in [6.45, 7) is 13.4. The fourth-order valence-electron chi connectivity index (χ4n) is 3.12. The van der Waals surface area contributed by atoms with E-state index in [0.717, 1.165) is 13.3 Å². The van der Waals surface area contributed by atoms with E-state index in [0.29, 0.717) is 18.8 Å². The summed E-state index contributed by atoms with van der Waals surface area (Å²) in [6.07, 6.45) is 22.6. The van der Waals surface area contributed by atoms with E-state index in [4.69, 9.17) is 22.2 Å². The topological polar surface area (TPSA) is 84.9 Å². The van der Waals surface area contributed by atoms with Gasteiger partial charge >= 0.3 is 69.3 Å². The fraction of sp³-hybridized carbons (Fsp3) is 0.929. The number of esters is 1. The Hall–Kier alpha value is -0.608. The SMILES string of the molecule is CC(=O)[O-].CC(C)[O][Al+][O]C(C)C.CCCCCCCCCCCCCCCCCCOC(C)=O. The number of carboxylic acid groups (broad SMARTS) is 1. The molecular formula is C28H57AlO6. The smallest absolute Gasteiger partial charge is 0.302 e. The van der Waals surface area contributed by atoms with Crippen molar-refractivity contribution in [2.24, 2.45) is 0 Å². The van der Waals surface area contributed by atoms with Crippen LogP contribution in [0.3, 0.4) is 0 Å². The van der Waals surface area contributed by atoms with Crippen molar-refractivity contribution in [2.45, 2.75) is 163 Å². The molecule has 0 saturated heterocycles. The van der Waals surface area contributed by atoms with E-state index in [1.807, 2.05) is 27.7 Å². The van der Waals surface area contributed by atoms with Crippen molar-refractivity contribution in [1.29, 1.82) is 0 Å². The maximum atomic E-state index is 10.6. The predicted molar refractivity (Wildman–Crippen MR) is 145 cm³/mol. The molecule has 0 atom stereocenters. The molecule has 0 bridgehead atoms. The van der Waals surface area contributed by atoms with Gasteiger partial charge in [0.05, 0.1) is 6.61 Å². The molecule has 0 unspecified atom stereocenters. The molecule has 7 heteroatoms. The van der Waals surface area contributed by atoms with Gasteiger partial charge in [-0.2, -0.15) is 0 Å². The van der Waals surface area contributed by atoms with Gasteiger partial charge in [0.2, 0.25) is 0 Å². The molecule has 0 spiro atoms. The van der Waals surface area contributed by atoms with Gasteiger partial charge in [-0.15, -0.1) is 0 Å². The van der Waals surface area contributed by atoms with Crippen LogP contribution in [-0.2, 0) is 21.9 Å². The maximum Gasteiger partial charge on any atom is 0.302 e. The van der Waals surface area contributed by atoms with Gasteiger partial charge in [0.15, 0.2) is 0 Å². The fourth-order valence-corrected chi connectivity index (χ4v) is 3.63. The molecule has 0 aliphatic carbocycles. The summed E-state index contributed by atoms with van der Waals surface area (Å²) < 4.78 is 15.3. The number of rotatable bonds is 21. The number of carbonyl (C=O) groups excluding carboxylic acids is 2. The minimum absolute atomic E-state index is 0.152. The molecular weight excluding hydrogens is 459 g/mol. The van der Waals surface area contributed by atoms with Gasteiger partial charge in [0, 0.05) is 12.9 Å². The van der Waals surface area contributed by atoms with Crippen molar-refractivity contribution in [3.8, 4) is 0 Å². The second-order valence-electron chi connectivity index (χ2n) is 9.60. The van der Waals surface area contributed by atoms with Crippen molar-refractivity contribution in [2.75, 3.05) is 6.61 Å². The molecule has 0 aromatic heterocycles. The second-order valence-corrected chi connectivity index (χ2v) is 10.3. The van der Waals surface area contributed by atoms with Crippen molar-refractivity contribution >= 4 is 27.8 Å². The van der Waals surface area contributed by atoms with E-state index in [9.17, 15) is 4.79 Å². The van der Waals surface area contributed by atoms with Gasteiger partial charge in [-0.1, -0.05) is 103 Å². The van der Waals surface area contributed by atoms with E-state index in [1.54, 1.807) is 0 Å². The molecule has 0 aromatic rings. The molecule has 0 amide bonds. The van der Waals surface area contributed by atoms with Crippen LogP contribution in [0.25, 0.3) is 0 Å². The van der Waals surface area contributed by atoms with E-state index in [2.05, 4.69) is 6.92 Å². The van der Waals surface area contributed by atoms with Gasteiger partial charge < -0.3 is 14.6 Å². The summed E-state index contributed by atoms with van der Waals surface area (Å²) in [7, 11) is 0. The zero-order chi connectivity index (χ0) is 27.2. The van der Waals surface area contributed by atoms with Gasteiger partial charge in [-0.25, -0.2) is 0 Å². The van der Waals surface area contributed by atoms with Crippen molar-refractivity contribution in [1.82, 2.24) is 0 Å². The second kappa shape index (κ2) is 33.4. The average molecular weight is 517 g/mol. The van der Waals surface area contributed by atoms with Crippen LogP contribution in [0.1, 0.15) is 151 Å². The average Bonchev–Trinajstić information content (AvgIpc) is 2.75. The number of carbonyl (C=O) groups is 2. The van der Waals surface area contributed by atoms with Crippen molar-refractivity contribution in [3.05, 3.63) is 0 Å². The van der Waals surface area contributed by atoms with Crippen LogP contribution in [0.5, 0.6) is 0 Å². The Bertz CT molecular complexity index is 418. The predicted octanol–water partition coefficient (Wildman–Crippen LogP) is 6.94. The summed E-state index contributed by atoms with van der Waals surface area (Å²) in [5, 5.41) is 8.89. The van der Waals surface area contributed by atoms with Crippen molar-refractivity contribution in [3.63, 3.8) is 0 Å². The Morgan fingerprint density at radius 1 is 0.629 bits per heavy atom. The zero-order valence-corrected chi connectivity index (χ0v) is 25.4. The largest absolute Gasteiger partial charge is 0.466 e. The third-order valence-corrected chi connectivity index (χ3v) is 6.27. The summed E-state index contributed by atoms with van der Waals surface area (Å²) >= 11 is -0.245. The van der Waals surface area contributed by atoms with Gasteiger partial charge in [-0.05, 0) is 13.3 Å². The summed E-state index contributed by atoms with van der Waals surface area (Å²) in [5.41, 5.74) is 0. The molecule has 6 nitrogen and oxygen atoms in total. The first kappa shape index (κ1) is 38.9. The van der Waals surface area contributed by atoms with Crippen LogP contribution in [-0.4, -0.2) is 46.6 Å². The van der Waals surface area contributed by atoms with Crippen LogP contribution in [0.15, 0.2) is 0 Å². The van der Waals surface area contributed by atoms with Crippen LogP contribution in [0.4, 0.5) is 0 Å². The van der Waals surface area contributed by atoms with Crippen LogP contribution >= 0.6 is 0 Å². The Balaban J connectivity index is -0.000000646. The van der Waals surface area contributed by atoms with E-state index in [1.165, 1.54) is 103 Å². The molecule has 35 heavy (non-hydrogen) atoms. The van der Waals surface area contributed by atoms with E-state index < -0.39 is 5.97 Å². The monoisotopic (exact) mass is 516 g/mol. The molecule has 0 aliphatic heterocycles. The Morgan fingerprint density at radius 2 is 0.914 bits per heavy atom. The van der Waals surface area contributed by atoms with E-state index >= 15 is 0 Å². The number of hydrogen-bond donors (Lipinski definition) is 0. The Morgan fingerprint density at radius 3 is 1.17 bits per heavy atom. The number of aliphatic carboxylic acids is 1. The van der Waals surface area contributed by atoms with Crippen LogP contribution in [0, 0.1) is 0 Å². The molecule has 0 aliphatic rings.